The highest BCUT2D eigenvalue weighted by molar-refractivity contribution is 9.10. The zero-order valence-corrected chi connectivity index (χ0v) is 16.5. The average molecular weight is 414 g/mol. The molecule has 6 nitrogen and oxygen atoms in total. The summed E-state index contributed by atoms with van der Waals surface area (Å²) in [6, 6.07) is 6.73. The average Bonchev–Trinajstić information content (AvgIpc) is 2.55. The molecule has 1 aromatic carbocycles. The highest BCUT2D eigenvalue weighted by Crippen LogP contribution is 2.29. The Morgan fingerprint density at radius 2 is 1.79 bits per heavy atom. The number of anilines is 1. The molecule has 8 heteroatoms. The summed E-state index contributed by atoms with van der Waals surface area (Å²) in [6.07, 6.45) is 0.631. The minimum absolute atomic E-state index is 0.106. The third-order valence-electron chi connectivity index (χ3n) is 3.43. The molecule has 1 heterocycles. The fourth-order valence-electron chi connectivity index (χ4n) is 2.13. The van der Waals surface area contributed by atoms with E-state index in [0.29, 0.717) is 22.5 Å². The topological polar surface area (TPSA) is 72.4 Å². The number of rotatable bonds is 6. The molecule has 0 spiro atoms. The normalized spacial score (nSPS) is 11.4. The first-order valence-corrected chi connectivity index (χ1v) is 9.72. The molecule has 2 rings (SSSR count). The number of hydrogen-bond acceptors (Lipinski definition) is 5. The van der Waals surface area contributed by atoms with Gasteiger partial charge in [0, 0.05) is 6.54 Å². The third-order valence-corrected chi connectivity index (χ3v) is 6.13. The summed E-state index contributed by atoms with van der Waals surface area (Å²) in [5.41, 5.74) is 1.60. The van der Waals surface area contributed by atoms with Gasteiger partial charge in [-0.3, -0.25) is 0 Å². The Labute approximate surface area is 151 Å². The fraction of sp³-hybridized carbons (Fsp3) is 0.375. The van der Waals surface area contributed by atoms with Crippen molar-refractivity contribution in [3.63, 3.8) is 0 Å². The second kappa shape index (κ2) is 7.48. The molecule has 0 saturated heterocycles. The number of benzene rings is 1. The Bertz CT molecular complexity index is 823. The van der Waals surface area contributed by atoms with Crippen LogP contribution in [0.3, 0.4) is 0 Å². The molecule has 0 atom stereocenters. The molecule has 24 heavy (non-hydrogen) atoms. The summed E-state index contributed by atoms with van der Waals surface area (Å²) in [4.78, 5) is 8.78. The number of aromatic nitrogens is 2. The van der Waals surface area contributed by atoms with Gasteiger partial charge in [-0.25, -0.2) is 17.7 Å². The number of methoxy groups -OCH3 is 1. The number of hydrogen-bond donors (Lipinski definition) is 0. The van der Waals surface area contributed by atoms with Crippen LogP contribution < -0.4 is 9.04 Å². The van der Waals surface area contributed by atoms with E-state index in [1.54, 1.807) is 31.2 Å². The van der Waals surface area contributed by atoms with Crippen molar-refractivity contribution in [2.45, 2.75) is 32.1 Å². The fourth-order valence-corrected chi connectivity index (χ4v) is 3.93. The molecule has 0 radical (unpaired) electrons. The van der Waals surface area contributed by atoms with Gasteiger partial charge in [-0.1, -0.05) is 24.6 Å². The maximum Gasteiger partial charge on any atom is 0.266 e. The van der Waals surface area contributed by atoms with E-state index < -0.39 is 10.0 Å². The van der Waals surface area contributed by atoms with Crippen LogP contribution in [0.2, 0.25) is 0 Å². The Kier molecular flexibility index (Phi) is 5.82. The number of ether oxygens (including phenoxy) is 1. The van der Waals surface area contributed by atoms with Crippen LogP contribution in [0.4, 0.5) is 5.95 Å². The van der Waals surface area contributed by atoms with Crippen LogP contribution in [0.25, 0.3) is 0 Å². The number of nitrogens with zero attached hydrogens (tertiary/aromatic N) is 3. The van der Waals surface area contributed by atoms with Gasteiger partial charge in [0.1, 0.15) is 4.47 Å². The molecule has 0 unspecified atom stereocenters. The minimum Gasteiger partial charge on any atom is -0.480 e. The van der Waals surface area contributed by atoms with Gasteiger partial charge in [0.2, 0.25) is 11.8 Å². The Morgan fingerprint density at radius 3 is 2.33 bits per heavy atom. The Hall–Kier alpha value is -1.67. The van der Waals surface area contributed by atoms with Crippen molar-refractivity contribution in [3.8, 4) is 5.88 Å². The van der Waals surface area contributed by atoms with Crippen LogP contribution in [0.15, 0.2) is 33.6 Å². The summed E-state index contributed by atoms with van der Waals surface area (Å²) in [6.45, 7) is 5.85. The van der Waals surface area contributed by atoms with Crippen LogP contribution in [0, 0.1) is 13.8 Å². The van der Waals surface area contributed by atoms with Gasteiger partial charge < -0.3 is 4.74 Å². The van der Waals surface area contributed by atoms with E-state index in [9.17, 15) is 8.42 Å². The Morgan fingerprint density at radius 1 is 1.17 bits per heavy atom. The maximum absolute atomic E-state index is 13.0. The summed E-state index contributed by atoms with van der Waals surface area (Å²) < 4.78 is 33.1. The molecular formula is C16H20BrN3O3S. The van der Waals surface area contributed by atoms with Crippen LogP contribution in [-0.4, -0.2) is 32.0 Å². The zero-order valence-electron chi connectivity index (χ0n) is 14.1. The quantitative estimate of drug-likeness (QED) is 0.724. The number of halogens is 1. The Balaban J connectivity index is 2.57. The van der Waals surface area contributed by atoms with Crippen molar-refractivity contribution in [2.75, 3.05) is 18.0 Å². The van der Waals surface area contributed by atoms with E-state index >= 15 is 0 Å². The van der Waals surface area contributed by atoms with E-state index in [2.05, 4.69) is 25.9 Å². The van der Waals surface area contributed by atoms with Crippen molar-refractivity contribution < 1.29 is 13.2 Å². The predicted octanol–water partition coefficient (Wildman–Crippen LogP) is 3.47. The summed E-state index contributed by atoms with van der Waals surface area (Å²) in [5.74, 6) is 0.410. The first-order chi connectivity index (χ1) is 11.3. The van der Waals surface area contributed by atoms with Crippen molar-refractivity contribution >= 4 is 31.9 Å². The molecule has 0 aliphatic heterocycles. The lowest BCUT2D eigenvalue weighted by Crippen LogP contribution is -2.33. The van der Waals surface area contributed by atoms with Crippen molar-refractivity contribution in [3.05, 3.63) is 40.0 Å². The molecule has 130 valence electrons. The van der Waals surface area contributed by atoms with Crippen molar-refractivity contribution in [2.24, 2.45) is 0 Å². The van der Waals surface area contributed by atoms with E-state index in [4.69, 9.17) is 4.74 Å². The molecule has 0 amide bonds. The standard InChI is InChI=1S/C16H20BrN3O3S/c1-5-10-20(16-18-12(3)14(17)15(19-16)23-4)24(21,22)13-8-6-11(2)7-9-13/h6-9H,5,10H2,1-4H3. The highest BCUT2D eigenvalue weighted by atomic mass is 79.9. The number of aryl methyl sites for hydroxylation is 2. The van der Waals surface area contributed by atoms with E-state index in [-0.39, 0.29) is 17.4 Å². The van der Waals surface area contributed by atoms with E-state index in [1.807, 2.05) is 13.8 Å². The zero-order chi connectivity index (χ0) is 17.9. The molecule has 1 aromatic heterocycles. The molecule has 0 fully saturated rings. The summed E-state index contributed by atoms with van der Waals surface area (Å²) in [5, 5.41) is 0. The number of sulfonamides is 1. The van der Waals surface area contributed by atoms with Crippen LogP contribution >= 0.6 is 15.9 Å². The monoisotopic (exact) mass is 413 g/mol. The maximum atomic E-state index is 13.0. The van der Waals surface area contributed by atoms with Crippen molar-refractivity contribution in [1.29, 1.82) is 0 Å². The van der Waals surface area contributed by atoms with Gasteiger partial charge in [-0.05, 0) is 48.3 Å². The van der Waals surface area contributed by atoms with Gasteiger partial charge in [-0.15, -0.1) is 0 Å². The smallest absolute Gasteiger partial charge is 0.266 e. The van der Waals surface area contributed by atoms with Gasteiger partial charge in [0.05, 0.1) is 17.7 Å². The second-order valence-corrected chi connectivity index (χ2v) is 7.98. The molecule has 0 N–H and O–H groups in total. The lowest BCUT2D eigenvalue weighted by atomic mass is 10.2. The van der Waals surface area contributed by atoms with Crippen LogP contribution in [0.5, 0.6) is 5.88 Å². The molecular weight excluding hydrogens is 394 g/mol. The van der Waals surface area contributed by atoms with Crippen molar-refractivity contribution in [1.82, 2.24) is 9.97 Å². The van der Waals surface area contributed by atoms with Crippen LogP contribution in [-0.2, 0) is 10.0 Å². The third kappa shape index (κ3) is 3.70. The largest absolute Gasteiger partial charge is 0.480 e. The molecule has 0 saturated carbocycles. The first-order valence-electron chi connectivity index (χ1n) is 7.48. The minimum atomic E-state index is -3.75. The van der Waals surface area contributed by atoms with E-state index in [0.717, 1.165) is 5.56 Å². The molecule has 0 aliphatic rings. The molecule has 2 aromatic rings. The summed E-state index contributed by atoms with van der Waals surface area (Å²) >= 11 is 3.35. The predicted molar refractivity (Wildman–Crippen MR) is 97.0 cm³/mol. The van der Waals surface area contributed by atoms with E-state index in [1.165, 1.54) is 11.4 Å². The SMILES string of the molecule is CCCN(c1nc(C)c(Br)c(OC)n1)S(=O)(=O)c1ccc(C)cc1. The van der Waals surface area contributed by atoms with Gasteiger partial charge in [-0.2, -0.15) is 4.98 Å². The van der Waals surface area contributed by atoms with Gasteiger partial charge in [0.25, 0.3) is 10.0 Å². The summed E-state index contributed by atoms with van der Waals surface area (Å²) in [7, 11) is -2.27. The lowest BCUT2D eigenvalue weighted by Gasteiger charge is -2.23. The first kappa shape index (κ1) is 18.7. The van der Waals surface area contributed by atoms with Crippen LogP contribution in [0.1, 0.15) is 24.6 Å². The van der Waals surface area contributed by atoms with Gasteiger partial charge in [0.15, 0.2) is 0 Å². The molecule has 0 bridgehead atoms. The second-order valence-electron chi connectivity index (χ2n) is 5.32. The molecule has 0 aliphatic carbocycles. The highest BCUT2D eigenvalue weighted by Gasteiger charge is 2.27. The lowest BCUT2D eigenvalue weighted by molar-refractivity contribution is 0.393. The van der Waals surface area contributed by atoms with Gasteiger partial charge >= 0.3 is 0 Å².